The van der Waals surface area contributed by atoms with E-state index in [-0.39, 0.29) is 17.5 Å². The van der Waals surface area contributed by atoms with Crippen LogP contribution in [0.1, 0.15) is 16.1 Å². The lowest BCUT2D eigenvalue weighted by molar-refractivity contribution is 0.0746. The fourth-order valence-corrected chi connectivity index (χ4v) is 3.42. The van der Waals surface area contributed by atoms with Crippen LogP contribution >= 0.6 is 11.3 Å². The van der Waals surface area contributed by atoms with Crippen molar-refractivity contribution < 1.29 is 13.6 Å². The molecule has 0 bridgehead atoms. The molecule has 0 saturated carbocycles. The number of piperazine rings is 1. The fraction of sp³-hybridized carbons (Fsp3) is 0.235. The van der Waals surface area contributed by atoms with E-state index >= 15 is 0 Å². The van der Waals surface area contributed by atoms with Crippen molar-refractivity contribution in [2.45, 2.75) is 0 Å². The normalized spacial score (nSPS) is 14.5. The second kappa shape index (κ2) is 6.45. The van der Waals surface area contributed by atoms with Gasteiger partial charge >= 0.3 is 0 Å². The first-order valence-electron chi connectivity index (χ1n) is 7.77. The van der Waals surface area contributed by atoms with Gasteiger partial charge in [0.05, 0.1) is 11.8 Å². The van der Waals surface area contributed by atoms with E-state index in [9.17, 15) is 10.1 Å². The van der Waals surface area contributed by atoms with Crippen LogP contribution in [0.25, 0.3) is 11.7 Å². The quantitative estimate of drug-likeness (QED) is 0.719. The van der Waals surface area contributed by atoms with Crippen LogP contribution in [0.15, 0.2) is 44.1 Å². The molecule has 0 N–H and O–H groups in total. The Hall–Kier alpha value is -3.05. The highest BCUT2D eigenvalue weighted by Crippen LogP contribution is 2.29. The maximum atomic E-state index is 12.4. The lowest BCUT2D eigenvalue weighted by atomic mass is 10.2. The van der Waals surface area contributed by atoms with Gasteiger partial charge in [0.25, 0.3) is 11.8 Å². The van der Waals surface area contributed by atoms with E-state index in [1.54, 1.807) is 12.1 Å². The predicted molar refractivity (Wildman–Crippen MR) is 91.4 cm³/mol. The first-order chi connectivity index (χ1) is 12.3. The second-order valence-electron chi connectivity index (χ2n) is 5.55. The Morgan fingerprint density at radius 2 is 2.12 bits per heavy atom. The highest BCUT2D eigenvalue weighted by molar-refractivity contribution is 7.08. The van der Waals surface area contributed by atoms with Crippen molar-refractivity contribution in [3.05, 3.63) is 46.5 Å². The van der Waals surface area contributed by atoms with Crippen LogP contribution in [-0.4, -0.2) is 42.0 Å². The Balaban J connectivity index is 1.49. The van der Waals surface area contributed by atoms with E-state index in [1.165, 1.54) is 17.6 Å². The number of aromatic nitrogens is 1. The third-order valence-electron chi connectivity index (χ3n) is 4.07. The summed E-state index contributed by atoms with van der Waals surface area (Å²) in [5.74, 6) is 1.23. The molecule has 0 unspecified atom stereocenters. The number of carbonyl (C=O) groups excluding carboxylic acids is 1. The lowest BCUT2D eigenvalue weighted by Crippen LogP contribution is -2.48. The molecule has 0 aromatic carbocycles. The zero-order chi connectivity index (χ0) is 17.2. The van der Waals surface area contributed by atoms with Crippen LogP contribution < -0.4 is 4.90 Å². The Labute approximate surface area is 147 Å². The van der Waals surface area contributed by atoms with Gasteiger partial charge in [-0.3, -0.25) is 4.79 Å². The molecule has 1 fully saturated rings. The number of hydrogen-bond acceptors (Lipinski definition) is 7. The smallest absolute Gasteiger partial charge is 0.266 e. The van der Waals surface area contributed by atoms with Crippen molar-refractivity contribution in [3.63, 3.8) is 0 Å². The number of thiophene rings is 1. The summed E-state index contributed by atoms with van der Waals surface area (Å²) in [6, 6.07) is 7.36. The van der Waals surface area contributed by atoms with Crippen molar-refractivity contribution in [1.82, 2.24) is 9.88 Å². The molecule has 3 aromatic rings. The third-order valence-corrected chi connectivity index (χ3v) is 4.75. The summed E-state index contributed by atoms with van der Waals surface area (Å²) in [6.07, 6.45) is 1.53. The number of oxazole rings is 1. The number of amides is 1. The van der Waals surface area contributed by atoms with Gasteiger partial charge in [0, 0.05) is 31.6 Å². The van der Waals surface area contributed by atoms with Crippen LogP contribution in [-0.2, 0) is 0 Å². The number of nitrogens with zero attached hydrogens (tertiary/aromatic N) is 4. The zero-order valence-electron chi connectivity index (χ0n) is 13.2. The third kappa shape index (κ3) is 2.90. The van der Waals surface area contributed by atoms with Crippen LogP contribution in [0.3, 0.4) is 0 Å². The number of furan rings is 1. The van der Waals surface area contributed by atoms with E-state index in [0.717, 1.165) is 5.56 Å². The topological polar surface area (TPSA) is 86.5 Å². The molecule has 25 heavy (non-hydrogen) atoms. The minimum atomic E-state index is 0.0373. The molecular formula is C17H14N4O3S. The summed E-state index contributed by atoms with van der Waals surface area (Å²) in [4.78, 5) is 20.4. The molecule has 0 radical (unpaired) electrons. The van der Waals surface area contributed by atoms with Crippen LogP contribution in [0.4, 0.5) is 5.88 Å². The molecular weight excluding hydrogens is 340 g/mol. The molecule has 7 nitrogen and oxygen atoms in total. The number of nitriles is 1. The summed E-state index contributed by atoms with van der Waals surface area (Å²) >= 11 is 1.51. The highest BCUT2D eigenvalue weighted by atomic mass is 32.1. The van der Waals surface area contributed by atoms with Gasteiger partial charge in [0.1, 0.15) is 6.07 Å². The molecule has 1 amide bonds. The molecule has 1 aliphatic heterocycles. The van der Waals surface area contributed by atoms with E-state index in [1.807, 2.05) is 26.6 Å². The van der Waals surface area contributed by atoms with Gasteiger partial charge in [-0.15, -0.1) is 0 Å². The second-order valence-corrected chi connectivity index (χ2v) is 6.33. The highest BCUT2D eigenvalue weighted by Gasteiger charge is 2.27. The molecule has 3 aromatic heterocycles. The van der Waals surface area contributed by atoms with Gasteiger partial charge in [-0.25, -0.2) is 0 Å². The van der Waals surface area contributed by atoms with E-state index < -0.39 is 0 Å². The summed E-state index contributed by atoms with van der Waals surface area (Å²) in [5.41, 5.74) is 0.944. The van der Waals surface area contributed by atoms with E-state index in [2.05, 4.69) is 11.1 Å². The molecule has 4 rings (SSSR count). The first kappa shape index (κ1) is 15.5. The Morgan fingerprint density at radius 3 is 2.76 bits per heavy atom. The maximum absolute atomic E-state index is 12.4. The summed E-state index contributed by atoms with van der Waals surface area (Å²) in [5, 5.41) is 13.1. The van der Waals surface area contributed by atoms with Gasteiger partial charge in [0.2, 0.25) is 11.6 Å². The summed E-state index contributed by atoms with van der Waals surface area (Å²) in [6.45, 7) is 2.29. The average Bonchev–Trinajstić information content (AvgIpc) is 3.42. The summed E-state index contributed by atoms with van der Waals surface area (Å²) < 4.78 is 11.0. The van der Waals surface area contributed by atoms with Crippen molar-refractivity contribution in [3.8, 4) is 17.7 Å². The standard InChI is InChI=1S/C17H14N4O3S/c18-10-13-17(24-15(19-13)14-2-1-8-23-14)21-6-4-20(5-7-21)16(22)12-3-9-25-11-12/h1-3,8-9,11H,4-7H2. The molecule has 0 aliphatic carbocycles. The largest absolute Gasteiger partial charge is 0.459 e. The molecule has 0 spiro atoms. The van der Waals surface area contributed by atoms with Crippen LogP contribution in [0.5, 0.6) is 0 Å². The van der Waals surface area contributed by atoms with Gasteiger partial charge < -0.3 is 18.6 Å². The van der Waals surface area contributed by atoms with Crippen LogP contribution in [0.2, 0.25) is 0 Å². The SMILES string of the molecule is N#Cc1nc(-c2ccco2)oc1N1CCN(C(=O)c2ccsc2)CC1. The van der Waals surface area contributed by atoms with Crippen LogP contribution in [0, 0.1) is 11.3 Å². The minimum Gasteiger partial charge on any atom is -0.459 e. The van der Waals surface area contributed by atoms with Gasteiger partial charge in [-0.05, 0) is 23.6 Å². The maximum Gasteiger partial charge on any atom is 0.266 e. The van der Waals surface area contributed by atoms with E-state index in [0.29, 0.717) is 37.8 Å². The van der Waals surface area contributed by atoms with Crippen molar-refractivity contribution in [1.29, 1.82) is 5.26 Å². The molecule has 1 saturated heterocycles. The van der Waals surface area contributed by atoms with Gasteiger partial charge in [0.15, 0.2) is 5.76 Å². The van der Waals surface area contributed by atoms with Gasteiger partial charge in [-0.1, -0.05) is 0 Å². The molecule has 0 atom stereocenters. The van der Waals surface area contributed by atoms with Gasteiger partial charge in [-0.2, -0.15) is 21.6 Å². The number of carbonyl (C=O) groups is 1. The number of anilines is 1. The Bertz CT molecular complexity index is 901. The monoisotopic (exact) mass is 354 g/mol. The van der Waals surface area contributed by atoms with Crippen molar-refractivity contribution in [2.24, 2.45) is 0 Å². The van der Waals surface area contributed by atoms with Crippen molar-refractivity contribution >= 4 is 23.1 Å². The van der Waals surface area contributed by atoms with E-state index in [4.69, 9.17) is 8.83 Å². The first-order valence-corrected chi connectivity index (χ1v) is 8.72. The summed E-state index contributed by atoms with van der Waals surface area (Å²) in [7, 11) is 0. The number of rotatable bonds is 3. The lowest BCUT2D eigenvalue weighted by Gasteiger charge is -2.34. The molecule has 1 aliphatic rings. The Morgan fingerprint density at radius 1 is 1.28 bits per heavy atom. The molecule has 8 heteroatoms. The average molecular weight is 354 g/mol. The Kier molecular flexibility index (Phi) is 3.99. The molecule has 4 heterocycles. The minimum absolute atomic E-state index is 0.0373. The fourth-order valence-electron chi connectivity index (χ4n) is 2.79. The zero-order valence-corrected chi connectivity index (χ0v) is 14.0. The number of hydrogen-bond donors (Lipinski definition) is 0. The van der Waals surface area contributed by atoms with Crippen molar-refractivity contribution in [2.75, 3.05) is 31.1 Å². The predicted octanol–water partition coefficient (Wildman–Crippen LogP) is 2.83. The molecule has 126 valence electrons.